The second kappa shape index (κ2) is 8.63. The van der Waals surface area contributed by atoms with Crippen LogP contribution in [0.3, 0.4) is 0 Å². The van der Waals surface area contributed by atoms with E-state index in [4.69, 9.17) is 0 Å². The lowest BCUT2D eigenvalue weighted by molar-refractivity contribution is -0.134. The first-order valence-corrected chi connectivity index (χ1v) is 15.7. The molecule has 0 N–H and O–H groups in total. The highest BCUT2D eigenvalue weighted by atomic mass is 28.3. The molecule has 2 heterocycles. The fraction of sp³-hybridized carbons (Fsp3) is 0.538. The molecule has 0 saturated carbocycles. The Morgan fingerprint density at radius 1 is 1.16 bits per heavy atom. The van der Waals surface area contributed by atoms with Crippen LogP contribution in [-0.2, 0) is 11.2 Å². The first-order valence-electron chi connectivity index (χ1n) is 12.0. The smallest absolute Gasteiger partial charge is 0.230 e. The normalized spacial score (nSPS) is 20.8. The molecule has 1 amide bonds. The van der Waals surface area contributed by atoms with E-state index in [2.05, 4.69) is 62.1 Å². The molecule has 172 valence electrons. The lowest BCUT2D eigenvalue weighted by Crippen LogP contribution is -2.47. The molecule has 32 heavy (non-hydrogen) atoms. The summed E-state index contributed by atoms with van der Waals surface area (Å²) in [7, 11) is 0.851. The number of likely N-dealkylation sites (N-methyl/N-ethyl adjacent to an activating group) is 1. The number of fused-ring (bicyclic) bond motifs is 2. The number of hydrogen-bond acceptors (Lipinski definition) is 3. The average molecular weight is 452 g/mol. The van der Waals surface area contributed by atoms with Crippen LogP contribution in [-0.4, -0.2) is 67.0 Å². The number of carbonyl (C=O) groups excluding carboxylic acids is 2. The van der Waals surface area contributed by atoms with Crippen molar-refractivity contribution in [1.82, 2.24) is 14.4 Å². The van der Waals surface area contributed by atoms with Gasteiger partial charge in [0.25, 0.3) is 0 Å². The van der Waals surface area contributed by atoms with Crippen molar-refractivity contribution in [2.75, 3.05) is 26.7 Å². The SMILES string of the molecule is CCN(CC)C(=O)[C@@H]1C=C2c3cccc4c3c(cn4C(=O)CC[Si](C)(C)C)C[C@H]2N(C)C1. The topological polar surface area (TPSA) is 45.6 Å². The van der Waals surface area contributed by atoms with Gasteiger partial charge in [0.1, 0.15) is 0 Å². The van der Waals surface area contributed by atoms with Crippen molar-refractivity contribution in [3.8, 4) is 0 Å². The number of benzene rings is 1. The maximum absolute atomic E-state index is 13.1. The standard InChI is InChI=1S/C26H37N3O2Si/c1-7-28(8-2)26(31)19-14-21-20-10-9-11-22-25(20)18(15-23(21)27(3)16-19)17-29(22)24(30)12-13-32(4,5)6/h9-11,14,17,19,23H,7-8,12-13,15-16H2,1-6H3/t19-,23-/m1/s1. The summed E-state index contributed by atoms with van der Waals surface area (Å²) in [5.41, 5.74) is 4.70. The fourth-order valence-electron chi connectivity index (χ4n) is 5.29. The molecule has 0 unspecified atom stereocenters. The summed E-state index contributed by atoms with van der Waals surface area (Å²) in [6.45, 7) is 13.2. The summed E-state index contributed by atoms with van der Waals surface area (Å²) in [6.07, 6.45) is 5.79. The Bertz CT molecular complexity index is 1070. The first kappa shape index (κ1) is 23.0. The minimum Gasteiger partial charge on any atom is -0.343 e. The third-order valence-electron chi connectivity index (χ3n) is 7.14. The quantitative estimate of drug-likeness (QED) is 0.596. The second-order valence-electron chi connectivity index (χ2n) is 10.6. The van der Waals surface area contributed by atoms with E-state index in [0.29, 0.717) is 6.42 Å². The van der Waals surface area contributed by atoms with Gasteiger partial charge in [-0.15, -0.1) is 0 Å². The average Bonchev–Trinajstić information content (AvgIpc) is 3.13. The van der Waals surface area contributed by atoms with Gasteiger partial charge in [-0.2, -0.15) is 0 Å². The molecule has 2 aromatic rings. The molecule has 1 aromatic heterocycles. The van der Waals surface area contributed by atoms with Crippen LogP contribution in [0.5, 0.6) is 0 Å². The van der Waals surface area contributed by atoms with Crippen molar-refractivity contribution in [3.63, 3.8) is 0 Å². The van der Waals surface area contributed by atoms with Gasteiger partial charge in [-0.3, -0.25) is 19.1 Å². The molecule has 2 aliphatic rings. The Kier molecular flexibility index (Phi) is 6.20. The molecule has 0 saturated heterocycles. The molecule has 0 bridgehead atoms. The summed E-state index contributed by atoms with van der Waals surface area (Å²) in [6, 6.07) is 7.55. The van der Waals surface area contributed by atoms with Gasteiger partial charge in [0.15, 0.2) is 0 Å². The lowest BCUT2D eigenvalue weighted by Gasteiger charge is -2.40. The summed E-state index contributed by atoms with van der Waals surface area (Å²) >= 11 is 0. The molecular weight excluding hydrogens is 414 g/mol. The number of nitrogens with zero attached hydrogens (tertiary/aromatic N) is 3. The van der Waals surface area contributed by atoms with E-state index < -0.39 is 8.07 Å². The van der Waals surface area contributed by atoms with Crippen LogP contribution in [0.15, 0.2) is 30.5 Å². The Morgan fingerprint density at radius 2 is 1.88 bits per heavy atom. The fourth-order valence-corrected chi connectivity index (χ4v) is 6.25. The van der Waals surface area contributed by atoms with Gasteiger partial charge in [-0.25, -0.2) is 0 Å². The molecule has 0 fully saturated rings. The maximum atomic E-state index is 13.1. The van der Waals surface area contributed by atoms with Gasteiger partial charge in [0.05, 0.1) is 11.4 Å². The highest BCUT2D eigenvalue weighted by Gasteiger charge is 2.37. The third-order valence-corrected chi connectivity index (χ3v) is 8.89. The van der Waals surface area contributed by atoms with Crippen molar-refractivity contribution in [2.45, 2.75) is 58.4 Å². The van der Waals surface area contributed by atoms with Crippen LogP contribution < -0.4 is 0 Å². The molecule has 2 atom stereocenters. The minimum atomic E-state index is -1.28. The van der Waals surface area contributed by atoms with Crippen molar-refractivity contribution in [1.29, 1.82) is 0 Å². The number of hydrogen-bond donors (Lipinski definition) is 0. The number of carbonyl (C=O) groups is 2. The summed E-state index contributed by atoms with van der Waals surface area (Å²) in [4.78, 5) is 30.5. The van der Waals surface area contributed by atoms with Crippen LogP contribution in [0.2, 0.25) is 25.7 Å². The zero-order chi connectivity index (χ0) is 23.2. The third kappa shape index (κ3) is 4.10. The molecule has 6 heteroatoms. The van der Waals surface area contributed by atoms with Crippen molar-refractivity contribution < 1.29 is 9.59 Å². The summed E-state index contributed by atoms with van der Waals surface area (Å²) in [5, 5.41) is 1.20. The summed E-state index contributed by atoms with van der Waals surface area (Å²) in [5.74, 6) is 0.288. The molecule has 1 aromatic carbocycles. The van der Waals surface area contributed by atoms with Crippen LogP contribution in [0.1, 0.15) is 36.2 Å². The maximum Gasteiger partial charge on any atom is 0.230 e. The zero-order valence-electron chi connectivity index (χ0n) is 20.4. The molecule has 4 rings (SSSR count). The Hall–Kier alpha value is -2.18. The highest BCUT2D eigenvalue weighted by molar-refractivity contribution is 6.76. The van der Waals surface area contributed by atoms with E-state index in [0.717, 1.165) is 37.6 Å². The van der Waals surface area contributed by atoms with Gasteiger partial charge in [0, 0.05) is 51.8 Å². The van der Waals surface area contributed by atoms with E-state index in [9.17, 15) is 9.59 Å². The predicted octanol–water partition coefficient (Wildman–Crippen LogP) is 4.75. The molecule has 1 aliphatic heterocycles. The molecule has 1 aliphatic carbocycles. The van der Waals surface area contributed by atoms with E-state index in [1.54, 1.807) is 0 Å². The van der Waals surface area contributed by atoms with Crippen LogP contribution in [0, 0.1) is 5.92 Å². The zero-order valence-corrected chi connectivity index (χ0v) is 21.4. The number of rotatable bonds is 6. The van der Waals surface area contributed by atoms with E-state index in [-0.39, 0.29) is 23.8 Å². The second-order valence-corrected chi connectivity index (χ2v) is 16.2. The Balaban J connectivity index is 1.74. The molecule has 0 radical (unpaired) electrons. The van der Waals surface area contributed by atoms with Crippen LogP contribution in [0.25, 0.3) is 16.5 Å². The van der Waals surface area contributed by atoms with Gasteiger partial charge < -0.3 is 4.90 Å². The van der Waals surface area contributed by atoms with Gasteiger partial charge in [-0.1, -0.05) is 37.8 Å². The van der Waals surface area contributed by atoms with Crippen molar-refractivity contribution in [2.24, 2.45) is 5.92 Å². The minimum absolute atomic E-state index is 0.122. The van der Waals surface area contributed by atoms with E-state index in [1.807, 2.05) is 23.3 Å². The largest absolute Gasteiger partial charge is 0.343 e. The lowest BCUT2D eigenvalue weighted by atomic mass is 9.79. The van der Waals surface area contributed by atoms with Gasteiger partial charge >= 0.3 is 0 Å². The Labute approximate surface area is 193 Å². The van der Waals surface area contributed by atoms with Crippen LogP contribution in [0.4, 0.5) is 0 Å². The summed E-state index contributed by atoms with van der Waals surface area (Å²) < 4.78 is 1.89. The van der Waals surface area contributed by atoms with Crippen molar-refractivity contribution >= 4 is 36.4 Å². The highest BCUT2D eigenvalue weighted by Crippen LogP contribution is 2.42. The number of amides is 1. The Morgan fingerprint density at radius 3 is 2.53 bits per heavy atom. The van der Waals surface area contributed by atoms with Gasteiger partial charge in [-0.05, 0) is 56.1 Å². The van der Waals surface area contributed by atoms with E-state index >= 15 is 0 Å². The van der Waals surface area contributed by atoms with Crippen LogP contribution >= 0.6 is 0 Å². The molecule has 0 spiro atoms. The van der Waals surface area contributed by atoms with E-state index in [1.165, 1.54) is 22.1 Å². The predicted molar refractivity (Wildman–Crippen MR) is 135 cm³/mol. The number of aromatic nitrogens is 1. The monoisotopic (exact) mass is 451 g/mol. The van der Waals surface area contributed by atoms with Crippen molar-refractivity contribution in [3.05, 3.63) is 41.6 Å². The first-order chi connectivity index (χ1) is 15.1. The molecule has 5 nitrogen and oxygen atoms in total. The molecular formula is C26H37N3O2Si. The van der Waals surface area contributed by atoms with Gasteiger partial charge in [0.2, 0.25) is 11.8 Å².